The number of hydrogen-bond donors (Lipinski definition) is 2. The Labute approximate surface area is 287 Å². The first kappa shape index (κ1) is 33.1. The number of anilines is 1. The summed E-state index contributed by atoms with van der Waals surface area (Å²) in [6.07, 6.45) is 6.89. The highest BCUT2D eigenvalue weighted by atomic mass is 32.2. The van der Waals surface area contributed by atoms with Crippen molar-refractivity contribution in [1.29, 1.82) is 0 Å². The molecule has 7 rings (SSSR count). The molecule has 0 unspecified atom stereocenters. The lowest BCUT2D eigenvalue weighted by molar-refractivity contribution is 0.0786. The largest absolute Gasteiger partial charge is 0.455 e. The molecule has 0 atom stereocenters. The Morgan fingerprint density at radius 1 is 0.918 bits per heavy atom. The zero-order valence-corrected chi connectivity index (χ0v) is 29.3. The topological polar surface area (TPSA) is 106 Å². The first-order valence-electron chi connectivity index (χ1n) is 17.0. The molecule has 49 heavy (non-hydrogen) atoms. The number of para-hydroxylation sites is 2. The first-order chi connectivity index (χ1) is 23.4. The number of aromatic nitrogens is 2. The fraction of sp³-hybridized carbons (Fsp3) is 0.359. The van der Waals surface area contributed by atoms with E-state index in [0.29, 0.717) is 39.5 Å². The van der Waals surface area contributed by atoms with Gasteiger partial charge in [-0.3, -0.25) is 4.79 Å². The van der Waals surface area contributed by atoms with E-state index in [2.05, 4.69) is 16.3 Å². The van der Waals surface area contributed by atoms with Crippen LogP contribution < -0.4 is 20.5 Å². The van der Waals surface area contributed by atoms with Crippen LogP contribution in [0.3, 0.4) is 0 Å². The van der Waals surface area contributed by atoms with Gasteiger partial charge in [-0.05, 0) is 113 Å². The summed E-state index contributed by atoms with van der Waals surface area (Å²) in [5.74, 6) is 2.69. The Kier molecular flexibility index (Phi) is 8.67. The molecule has 4 heterocycles. The molecule has 2 aliphatic rings. The van der Waals surface area contributed by atoms with Crippen LogP contribution in [-0.4, -0.2) is 48.2 Å². The number of aliphatic hydroxyl groups is 1. The minimum atomic E-state index is -4.07. The maximum atomic E-state index is 13.8. The molecule has 10 heteroatoms. The van der Waals surface area contributed by atoms with Gasteiger partial charge < -0.3 is 24.6 Å². The Balaban J connectivity index is 1.28. The number of piperidine rings is 1. The van der Waals surface area contributed by atoms with Crippen molar-refractivity contribution in [2.24, 2.45) is 18.9 Å². The monoisotopic (exact) mass is 680 g/mol. The van der Waals surface area contributed by atoms with Crippen molar-refractivity contribution in [1.82, 2.24) is 13.9 Å². The molecule has 0 saturated carbocycles. The van der Waals surface area contributed by atoms with Crippen LogP contribution in [0.25, 0.3) is 22.0 Å². The third-order valence-corrected chi connectivity index (χ3v) is 11.7. The van der Waals surface area contributed by atoms with Gasteiger partial charge in [0.15, 0.2) is 5.75 Å². The SMILES string of the molecule is Cc1ccc(S(=O)(=O)n2ccc3c(-c4cc(C(C)(C)O)ccc4Oc4ccccc4N4CC(CC5CCNCC5)C4)cn(C)c(=O)c32)cc1. The fourth-order valence-corrected chi connectivity index (χ4v) is 8.55. The van der Waals surface area contributed by atoms with Crippen molar-refractivity contribution >= 4 is 26.6 Å². The van der Waals surface area contributed by atoms with E-state index in [-0.39, 0.29) is 10.4 Å². The number of benzene rings is 3. The molecular formula is C39H44N4O5S. The fourth-order valence-electron chi connectivity index (χ4n) is 7.21. The van der Waals surface area contributed by atoms with E-state index in [4.69, 9.17) is 4.74 Å². The number of hydrogen-bond acceptors (Lipinski definition) is 7. The lowest BCUT2D eigenvalue weighted by Gasteiger charge is -2.43. The van der Waals surface area contributed by atoms with Gasteiger partial charge in [0.1, 0.15) is 11.3 Å². The predicted octanol–water partition coefficient (Wildman–Crippen LogP) is 6.40. The molecule has 0 amide bonds. The number of nitrogens with one attached hydrogen (secondary N) is 1. The number of rotatable bonds is 9. The van der Waals surface area contributed by atoms with Crippen LogP contribution in [0.4, 0.5) is 5.69 Å². The molecule has 5 aromatic rings. The molecule has 2 aliphatic heterocycles. The van der Waals surface area contributed by atoms with Crippen LogP contribution >= 0.6 is 0 Å². The van der Waals surface area contributed by atoms with Gasteiger partial charge in [-0.15, -0.1) is 0 Å². The molecule has 256 valence electrons. The van der Waals surface area contributed by atoms with Gasteiger partial charge in [-0.1, -0.05) is 35.9 Å². The zero-order chi connectivity index (χ0) is 34.5. The standard InChI is InChI=1S/C39H44N4O5S/c1-26-9-12-30(13-10-26)49(46,47)43-20-17-31-33(25-41(4)38(44)37(31)43)32-22-29(39(2,3)45)11-14-35(32)48-36-8-6-5-7-34(36)42-23-28(24-42)21-27-15-18-40-19-16-27/h5-14,17,20,22,25,27-28,40,45H,15-16,18-19,21,23-24H2,1-4H3. The second-order valence-corrected chi connectivity index (χ2v) is 16.0. The second kappa shape index (κ2) is 12.8. The van der Waals surface area contributed by atoms with Gasteiger partial charge in [-0.2, -0.15) is 0 Å². The van der Waals surface area contributed by atoms with Gasteiger partial charge in [0.25, 0.3) is 15.6 Å². The number of pyridine rings is 1. The highest BCUT2D eigenvalue weighted by molar-refractivity contribution is 7.90. The minimum Gasteiger partial charge on any atom is -0.455 e. The molecule has 0 aliphatic carbocycles. The van der Waals surface area contributed by atoms with Crippen LogP contribution in [-0.2, 0) is 22.7 Å². The Bertz CT molecular complexity index is 2170. The van der Waals surface area contributed by atoms with Gasteiger partial charge in [0.05, 0.1) is 16.2 Å². The highest BCUT2D eigenvalue weighted by Crippen LogP contribution is 2.43. The summed E-state index contributed by atoms with van der Waals surface area (Å²) in [5, 5.41) is 14.9. The molecule has 2 fully saturated rings. The third kappa shape index (κ3) is 6.40. The molecule has 2 saturated heterocycles. The molecule has 9 nitrogen and oxygen atoms in total. The normalized spacial score (nSPS) is 16.2. The summed E-state index contributed by atoms with van der Waals surface area (Å²) >= 11 is 0. The van der Waals surface area contributed by atoms with Crippen LogP contribution in [0, 0.1) is 18.8 Å². The van der Waals surface area contributed by atoms with Crippen molar-refractivity contribution in [2.45, 2.75) is 50.5 Å². The molecule has 3 aromatic carbocycles. The van der Waals surface area contributed by atoms with Crippen molar-refractivity contribution < 1.29 is 18.3 Å². The number of nitrogens with zero attached hydrogens (tertiary/aromatic N) is 3. The predicted molar refractivity (Wildman–Crippen MR) is 194 cm³/mol. The van der Waals surface area contributed by atoms with Gasteiger partial charge >= 0.3 is 0 Å². The van der Waals surface area contributed by atoms with E-state index in [0.717, 1.165) is 47.3 Å². The van der Waals surface area contributed by atoms with E-state index in [1.165, 1.54) is 30.0 Å². The molecule has 0 radical (unpaired) electrons. The summed E-state index contributed by atoms with van der Waals surface area (Å²) in [5.41, 5.74) is 2.28. The summed E-state index contributed by atoms with van der Waals surface area (Å²) < 4.78 is 36.9. The molecular weight excluding hydrogens is 637 g/mol. The van der Waals surface area contributed by atoms with Gasteiger partial charge in [0.2, 0.25) is 0 Å². The summed E-state index contributed by atoms with van der Waals surface area (Å²) in [7, 11) is -2.46. The molecule has 0 spiro atoms. The lowest BCUT2D eigenvalue weighted by atomic mass is 9.84. The summed E-state index contributed by atoms with van der Waals surface area (Å²) in [4.78, 5) is 16.1. The zero-order valence-electron chi connectivity index (χ0n) is 28.5. The Morgan fingerprint density at radius 3 is 2.35 bits per heavy atom. The van der Waals surface area contributed by atoms with E-state index < -0.39 is 21.2 Å². The van der Waals surface area contributed by atoms with Crippen molar-refractivity contribution in [3.8, 4) is 22.6 Å². The van der Waals surface area contributed by atoms with Gasteiger partial charge in [-0.25, -0.2) is 12.4 Å². The molecule has 2 N–H and O–H groups in total. The van der Waals surface area contributed by atoms with Crippen LogP contribution in [0.1, 0.15) is 44.2 Å². The maximum Gasteiger partial charge on any atom is 0.275 e. The Morgan fingerprint density at radius 2 is 1.63 bits per heavy atom. The molecule has 2 aromatic heterocycles. The van der Waals surface area contributed by atoms with Crippen LogP contribution in [0.2, 0.25) is 0 Å². The van der Waals surface area contributed by atoms with Crippen molar-refractivity contribution in [3.63, 3.8) is 0 Å². The Hall–Kier alpha value is -4.38. The highest BCUT2D eigenvalue weighted by Gasteiger charge is 2.32. The minimum absolute atomic E-state index is 0.0426. The average Bonchev–Trinajstić information content (AvgIpc) is 3.52. The molecule has 0 bridgehead atoms. The van der Waals surface area contributed by atoms with Crippen molar-refractivity contribution in [2.75, 3.05) is 31.1 Å². The first-order valence-corrected chi connectivity index (χ1v) is 18.5. The van der Waals surface area contributed by atoms with Gasteiger partial charge in [0, 0.05) is 49.0 Å². The summed E-state index contributed by atoms with van der Waals surface area (Å²) in [6.45, 7) is 9.52. The third-order valence-electron chi connectivity index (χ3n) is 10.1. The quantitative estimate of drug-likeness (QED) is 0.186. The van der Waals surface area contributed by atoms with E-state index in [1.54, 1.807) is 57.4 Å². The summed E-state index contributed by atoms with van der Waals surface area (Å²) in [6, 6.07) is 21.8. The van der Waals surface area contributed by atoms with Crippen LogP contribution in [0.15, 0.2) is 94.9 Å². The van der Waals surface area contributed by atoms with E-state index in [9.17, 15) is 18.3 Å². The number of aryl methyl sites for hydroxylation is 2. The maximum absolute atomic E-state index is 13.8. The smallest absolute Gasteiger partial charge is 0.275 e. The average molecular weight is 681 g/mol. The lowest BCUT2D eigenvalue weighted by Crippen LogP contribution is -2.48. The van der Waals surface area contributed by atoms with E-state index >= 15 is 0 Å². The second-order valence-electron chi connectivity index (χ2n) is 14.2. The number of fused-ring (bicyclic) bond motifs is 1. The van der Waals surface area contributed by atoms with Crippen molar-refractivity contribution in [3.05, 3.63) is 107 Å². The number of ether oxygens (including phenoxy) is 1. The van der Waals surface area contributed by atoms with Crippen LogP contribution in [0.5, 0.6) is 11.5 Å². The van der Waals surface area contributed by atoms with E-state index in [1.807, 2.05) is 43.3 Å².